The number of hydrogen-bond donors (Lipinski definition) is 0. The van der Waals surface area contributed by atoms with E-state index in [1.807, 2.05) is 13.1 Å². The van der Waals surface area contributed by atoms with Crippen LogP contribution in [0.3, 0.4) is 0 Å². The van der Waals surface area contributed by atoms with Crippen molar-refractivity contribution < 1.29 is 35.6 Å². The van der Waals surface area contributed by atoms with Crippen LogP contribution in [0.25, 0.3) is 0 Å². The molecular formula is C21H38F4O4Si3. The molecule has 186 valence electrons. The largest absolute Gasteiger partial charge is 0.500 e. The Kier molecular flexibility index (Phi) is 10.3. The average Bonchev–Trinajstić information content (AvgIpc) is 2.70. The summed E-state index contributed by atoms with van der Waals surface area (Å²) < 4.78 is 73.5. The molecule has 1 aromatic carbocycles. The minimum absolute atomic E-state index is 0.126. The van der Waals surface area contributed by atoms with Crippen molar-refractivity contribution in [3.63, 3.8) is 0 Å². The van der Waals surface area contributed by atoms with Crippen molar-refractivity contribution in [3.8, 4) is 0 Å². The lowest BCUT2D eigenvalue weighted by Gasteiger charge is -2.29. The van der Waals surface area contributed by atoms with Crippen molar-refractivity contribution in [3.05, 3.63) is 24.3 Å². The summed E-state index contributed by atoms with van der Waals surface area (Å²) in [6.45, 7) is 8.17. The SMILES string of the molecule is CO[Si](CCC[Si](C)(C)c1ccc([Si](C)(C)COCC(C)(F)C(F)(F)F)cc1)(OC)OC. The monoisotopic (exact) mass is 514 g/mol. The number of ether oxygens (including phenoxy) is 1. The topological polar surface area (TPSA) is 36.9 Å². The predicted molar refractivity (Wildman–Crippen MR) is 128 cm³/mol. The fourth-order valence-corrected chi connectivity index (χ4v) is 9.83. The smallest absolute Gasteiger partial charge is 0.381 e. The van der Waals surface area contributed by atoms with Crippen molar-refractivity contribution in [2.45, 2.75) is 63.5 Å². The van der Waals surface area contributed by atoms with Crippen LogP contribution in [-0.2, 0) is 18.0 Å². The van der Waals surface area contributed by atoms with E-state index in [1.165, 1.54) is 5.19 Å². The van der Waals surface area contributed by atoms with Crippen LogP contribution in [-0.4, -0.2) is 71.0 Å². The predicted octanol–water partition coefficient (Wildman–Crippen LogP) is 4.63. The van der Waals surface area contributed by atoms with E-state index in [0.29, 0.717) is 6.92 Å². The third-order valence-electron chi connectivity index (χ3n) is 6.09. The van der Waals surface area contributed by atoms with Crippen LogP contribution >= 0.6 is 0 Å². The molecule has 0 aliphatic rings. The Balaban J connectivity index is 2.75. The first kappa shape index (κ1) is 29.5. The summed E-state index contributed by atoms with van der Waals surface area (Å²) in [5.74, 6) is 0. The molecule has 0 aromatic heterocycles. The fourth-order valence-electron chi connectivity index (χ4n) is 3.48. The molecule has 0 saturated carbocycles. The maximum Gasteiger partial charge on any atom is 0.500 e. The molecule has 11 heteroatoms. The average molecular weight is 515 g/mol. The van der Waals surface area contributed by atoms with Crippen LogP contribution in [0.5, 0.6) is 0 Å². The number of benzene rings is 1. The summed E-state index contributed by atoms with van der Waals surface area (Å²) in [6.07, 6.45) is -3.87. The van der Waals surface area contributed by atoms with Crippen molar-refractivity contribution in [1.29, 1.82) is 0 Å². The van der Waals surface area contributed by atoms with Crippen LogP contribution in [0.2, 0.25) is 38.3 Å². The second kappa shape index (κ2) is 11.2. The zero-order chi connectivity index (χ0) is 24.8. The van der Waals surface area contributed by atoms with E-state index in [-0.39, 0.29) is 6.23 Å². The fraction of sp³-hybridized carbons (Fsp3) is 0.714. The van der Waals surface area contributed by atoms with Crippen LogP contribution in [0.4, 0.5) is 17.6 Å². The number of halogens is 4. The zero-order valence-corrected chi connectivity index (χ0v) is 23.5. The summed E-state index contributed by atoms with van der Waals surface area (Å²) in [5, 5.41) is 2.38. The summed E-state index contributed by atoms with van der Waals surface area (Å²) in [6, 6.07) is 10.2. The highest BCUT2D eigenvalue weighted by Gasteiger charge is 2.52. The molecule has 0 spiro atoms. The van der Waals surface area contributed by atoms with E-state index < -0.39 is 43.4 Å². The highest BCUT2D eigenvalue weighted by molar-refractivity contribution is 6.91. The quantitative estimate of drug-likeness (QED) is 0.284. The molecule has 0 saturated heterocycles. The minimum Gasteiger partial charge on any atom is -0.381 e. The van der Waals surface area contributed by atoms with Gasteiger partial charge in [0.25, 0.3) is 0 Å². The van der Waals surface area contributed by atoms with Gasteiger partial charge in [-0.1, -0.05) is 73.3 Å². The standard InChI is InChI=1S/C21H38F4O4Si3/c1-20(22,21(23,24)25)16-29-17-31(7,8)19-12-10-18(11-13-19)30(5,6)14-9-15-32(26-2,27-3)28-4/h10-13H,9,14-17H2,1-8H3. The van der Waals surface area contributed by atoms with E-state index >= 15 is 0 Å². The molecule has 0 heterocycles. The first-order chi connectivity index (χ1) is 14.6. The van der Waals surface area contributed by atoms with Crippen LogP contribution in [0.15, 0.2) is 24.3 Å². The molecule has 0 radical (unpaired) electrons. The molecular weight excluding hydrogens is 476 g/mol. The summed E-state index contributed by atoms with van der Waals surface area (Å²) in [5.41, 5.74) is -3.34. The van der Waals surface area contributed by atoms with E-state index in [4.69, 9.17) is 18.0 Å². The summed E-state index contributed by atoms with van der Waals surface area (Å²) >= 11 is 0. The summed E-state index contributed by atoms with van der Waals surface area (Å²) in [4.78, 5) is 0. The van der Waals surface area contributed by atoms with E-state index in [2.05, 4.69) is 37.4 Å². The lowest BCUT2D eigenvalue weighted by atomic mass is 10.1. The molecule has 0 bridgehead atoms. The first-order valence-electron chi connectivity index (χ1n) is 10.7. The van der Waals surface area contributed by atoms with E-state index in [0.717, 1.165) is 23.7 Å². The van der Waals surface area contributed by atoms with Gasteiger partial charge in [-0.25, -0.2) is 4.39 Å². The van der Waals surface area contributed by atoms with Gasteiger partial charge in [-0.2, -0.15) is 13.2 Å². The Labute approximate surface area is 193 Å². The van der Waals surface area contributed by atoms with Gasteiger partial charge in [-0.05, 0) is 6.92 Å². The minimum atomic E-state index is -4.94. The van der Waals surface area contributed by atoms with Gasteiger partial charge in [0.15, 0.2) is 0 Å². The maximum absolute atomic E-state index is 13.8. The molecule has 1 atom stereocenters. The number of hydrogen-bond acceptors (Lipinski definition) is 4. The Morgan fingerprint density at radius 1 is 0.750 bits per heavy atom. The Bertz CT molecular complexity index is 659. The van der Waals surface area contributed by atoms with Crippen LogP contribution < -0.4 is 10.4 Å². The van der Waals surface area contributed by atoms with Gasteiger partial charge in [0.05, 0.1) is 14.7 Å². The third-order valence-corrected chi connectivity index (χ3v) is 15.2. The zero-order valence-electron chi connectivity index (χ0n) is 20.5. The van der Waals surface area contributed by atoms with E-state index in [1.54, 1.807) is 21.3 Å². The molecule has 1 aromatic rings. The van der Waals surface area contributed by atoms with Crippen molar-refractivity contribution in [2.75, 3.05) is 34.2 Å². The molecule has 32 heavy (non-hydrogen) atoms. The summed E-state index contributed by atoms with van der Waals surface area (Å²) in [7, 11) is -1.59. The second-order valence-electron chi connectivity index (χ2n) is 9.68. The molecule has 0 amide bonds. The number of rotatable bonds is 13. The lowest BCUT2D eigenvalue weighted by molar-refractivity contribution is -0.237. The van der Waals surface area contributed by atoms with Gasteiger partial charge >= 0.3 is 15.0 Å². The Morgan fingerprint density at radius 3 is 1.59 bits per heavy atom. The molecule has 0 fully saturated rings. The molecule has 0 N–H and O–H groups in total. The lowest BCUT2D eigenvalue weighted by Crippen LogP contribution is -2.50. The van der Waals surface area contributed by atoms with Gasteiger partial charge in [0.2, 0.25) is 5.67 Å². The Hall–Kier alpha value is -0.569. The molecule has 4 nitrogen and oxygen atoms in total. The Morgan fingerprint density at radius 2 is 1.19 bits per heavy atom. The molecule has 0 aliphatic carbocycles. The first-order valence-corrected chi connectivity index (χ1v) is 19.0. The second-order valence-corrected chi connectivity index (χ2v) is 22.3. The third kappa shape index (κ3) is 7.74. The van der Waals surface area contributed by atoms with Crippen molar-refractivity contribution in [2.24, 2.45) is 0 Å². The van der Waals surface area contributed by atoms with Crippen molar-refractivity contribution >= 4 is 35.3 Å². The van der Waals surface area contributed by atoms with E-state index in [9.17, 15) is 17.6 Å². The van der Waals surface area contributed by atoms with Gasteiger partial charge in [0, 0.05) is 33.6 Å². The molecule has 0 aliphatic heterocycles. The van der Waals surface area contributed by atoms with Gasteiger partial charge in [-0.15, -0.1) is 0 Å². The maximum atomic E-state index is 13.8. The van der Waals surface area contributed by atoms with Gasteiger partial charge in [-0.3, -0.25) is 0 Å². The van der Waals surface area contributed by atoms with Crippen LogP contribution in [0.1, 0.15) is 13.3 Å². The van der Waals surface area contributed by atoms with Gasteiger partial charge in [0.1, 0.15) is 8.07 Å². The highest BCUT2D eigenvalue weighted by Crippen LogP contribution is 2.33. The normalized spacial score (nSPS) is 15.6. The van der Waals surface area contributed by atoms with Gasteiger partial charge < -0.3 is 18.0 Å². The van der Waals surface area contributed by atoms with Crippen LogP contribution in [0, 0.1) is 0 Å². The highest BCUT2D eigenvalue weighted by atomic mass is 28.4. The van der Waals surface area contributed by atoms with Crippen molar-refractivity contribution in [1.82, 2.24) is 0 Å². The molecule has 1 rings (SSSR count). The number of alkyl halides is 4. The molecule has 1 unspecified atom stereocenters.